The molecule has 9 heteroatoms. The molecule has 146 valence electrons. The lowest BCUT2D eigenvalue weighted by Gasteiger charge is -2.10. The zero-order chi connectivity index (χ0) is 20.3. The molecule has 28 heavy (non-hydrogen) atoms. The van der Waals surface area contributed by atoms with Crippen LogP contribution in [0.5, 0.6) is 11.5 Å². The number of imide groups is 1. The number of carbonyl (C=O) groups is 3. The van der Waals surface area contributed by atoms with Crippen molar-refractivity contribution in [1.82, 2.24) is 4.90 Å². The average molecular weight is 403 g/mol. The molecule has 1 aromatic carbocycles. The monoisotopic (exact) mass is 403 g/mol. The maximum absolute atomic E-state index is 12.7. The molecular formula is C19H17NO7S. The van der Waals surface area contributed by atoms with Crippen LogP contribution in [0.2, 0.25) is 0 Å². The van der Waals surface area contributed by atoms with Crippen LogP contribution in [0, 0.1) is 0 Å². The number of methoxy groups -OCH3 is 3. The molecule has 0 aliphatic carbocycles. The Morgan fingerprint density at radius 2 is 1.93 bits per heavy atom. The van der Waals surface area contributed by atoms with Gasteiger partial charge in [0, 0.05) is 11.6 Å². The highest BCUT2D eigenvalue weighted by atomic mass is 32.2. The third-order valence-corrected chi connectivity index (χ3v) is 4.87. The summed E-state index contributed by atoms with van der Waals surface area (Å²) in [5, 5.41) is -0.431. The van der Waals surface area contributed by atoms with Gasteiger partial charge in [0.1, 0.15) is 17.3 Å². The molecule has 0 N–H and O–H groups in total. The molecule has 8 nitrogen and oxygen atoms in total. The van der Waals surface area contributed by atoms with Crippen molar-refractivity contribution in [2.24, 2.45) is 0 Å². The number of amides is 2. The molecule has 0 spiro atoms. The SMILES string of the molecule is COC(=O)c1ccc(CN2C(=O)S/C(=C/c3ccc(OC)cc3OC)C2=O)o1. The summed E-state index contributed by atoms with van der Waals surface area (Å²) in [5.41, 5.74) is 0.639. The van der Waals surface area contributed by atoms with Gasteiger partial charge in [-0.1, -0.05) is 0 Å². The minimum Gasteiger partial charge on any atom is -0.497 e. The number of rotatable bonds is 6. The molecule has 1 aromatic heterocycles. The Morgan fingerprint density at radius 3 is 2.61 bits per heavy atom. The van der Waals surface area contributed by atoms with Gasteiger partial charge < -0.3 is 18.6 Å². The quantitative estimate of drug-likeness (QED) is 0.535. The van der Waals surface area contributed by atoms with Gasteiger partial charge in [0.15, 0.2) is 0 Å². The molecule has 1 aliphatic rings. The minimum atomic E-state index is -0.633. The van der Waals surface area contributed by atoms with E-state index in [0.717, 1.165) is 16.7 Å². The number of ether oxygens (including phenoxy) is 3. The summed E-state index contributed by atoms with van der Waals surface area (Å²) in [5.74, 6) is 0.339. The van der Waals surface area contributed by atoms with Crippen LogP contribution in [0.15, 0.2) is 39.7 Å². The predicted molar refractivity (Wildman–Crippen MR) is 101 cm³/mol. The van der Waals surface area contributed by atoms with Gasteiger partial charge in [0.25, 0.3) is 11.1 Å². The first-order valence-electron chi connectivity index (χ1n) is 8.11. The fraction of sp³-hybridized carbons (Fsp3) is 0.211. The zero-order valence-electron chi connectivity index (χ0n) is 15.4. The van der Waals surface area contributed by atoms with Crippen molar-refractivity contribution >= 4 is 35.0 Å². The molecule has 0 radical (unpaired) electrons. The van der Waals surface area contributed by atoms with E-state index in [1.807, 2.05) is 0 Å². The third-order valence-electron chi connectivity index (χ3n) is 3.96. The second-order valence-corrected chi connectivity index (χ2v) is 6.63. The van der Waals surface area contributed by atoms with E-state index in [4.69, 9.17) is 13.9 Å². The molecular weight excluding hydrogens is 386 g/mol. The molecule has 2 amide bonds. The molecule has 0 bridgehead atoms. The zero-order valence-corrected chi connectivity index (χ0v) is 16.2. The Kier molecular flexibility index (Phi) is 5.74. The van der Waals surface area contributed by atoms with E-state index < -0.39 is 17.1 Å². The van der Waals surface area contributed by atoms with E-state index in [9.17, 15) is 14.4 Å². The molecule has 2 heterocycles. The van der Waals surface area contributed by atoms with E-state index in [1.165, 1.54) is 26.4 Å². The number of hydrogen-bond acceptors (Lipinski definition) is 8. The summed E-state index contributed by atoms with van der Waals surface area (Å²) in [6.07, 6.45) is 1.59. The first kappa shape index (κ1) is 19.6. The van der Waals surface area contributed by atoms with Gasteiger partial charge >= 0.3 is 5.97 Å². The van der Waals surface area contributed by atoms with Crippen molar-refractivity contribution in [2.45, 2.75) is 6.54 Å². The maximum atomic E-state index is 12.7. The largest absolute Gasteiger partial charge is 0.497 e. The number of hydrogen-bond donors (Lipinski definition) is 0. The number of esters is 1. The maximum Gasteiger partial charge on any atom is 0.373 e. The number of furan rings is 1. The second-order valence-electron chi connectivity index (χ2n) is 5.63. The average Bonchev–Trinajstić information content (AvgIpc) is 3.28. The lowest BCUT2D eigenvalue weighted by atomic mass is 10.1. The van der Waals surface area contributed by atoms with Crippen molar-refractivity contribution in [1.29, 1.82) is 0 Å². The van der Waals surface area contributed by atoms with Gasteiger partial charge in [-0.05, 0) is 42.1 Å². The molecule has 1 aliphatic heterocycles. The van der Waals surface area contributed by atoms with E-state index in [0.29, 0.717) is 22.8 Å². The topological polar surface area (TPSA) is 95.3 Å². The van der Waals surface area contributed by atoms with Crippen molar-refractivity contribution in [3.63, 3.8) is 0 Å². The van der Waals surface area contributed by atoms with E-state index >= 15 is 0 Å². The van der Waals surface area contributed by atoms with Crippen molar-refractivity contribution in [3.05, 3.63) is 52.3 Å². The Bertz CT molecular complexity index is 963. The van der Waals surface area contributed by atoms with Crippen molar-refractivity contribution in [3.8, 4) is 11.5 Å². The van der Waals surface area contributed by atoms with Crippen LogP contribution in [0.3, 0.4) is 0 Å². The van der Waals surface area contributed by atoms with Crippen LogP contribution < -0.4 is 9.47 Å². The van der Waals surface area contributed by atoms with Crippen molar-refractivity contribution < 1.29 is 33.0 Å². The smallest absolute Gasteiger partial charge is 0.373 e. The Balaban J connectivity index is 1.81. The van der Waals surface area contributed by atoms with Crippen LogP contribution in [0.1, 0.15) is 21.9 Å². The molecule has 1 fully saturated rings. The third kappa shape index (κ3) is 3.89. The van der Waals surface area contributed by atoms with Crippen molar-refractivity contribution in [2.75, 3.05) is 21.3 Å². The first-order chi connectivity index (χ1) is 13.5. The van der Waals surface area contributed by atoms with Crippen LogP contribution in [-0.4, -0.2) is 43.3 Å². The molecule has 0 saturated carbocycles. The molecule has 0 unspecified atom stereocenters. The molecule has 0 atom stereocenters. The fourth-order valence-electron chi connectivity index (χ4n) is 2.54. The fourth-order valence-corrected chi connectivity index (χ4v) is 3.37. The highest BCUT2D eigenvalue weighted by Gasteiger charge is 2.36. The van der Waals surface area contributed by atoms with Gasteiger partial charge in [-0.3, -0.25) is 14.5 Å². The van der Waals surface area contributed by atoms with Crippen LogP contribution in [0.4, 0.5) is 4.79 Å². The highest BCUT2D eigenvalue weighted by Crippen LogP contribution is 2.35. The summed E-state index contributed by atoms with van der Waals surface area (Å²) in [6.45, 7) is -0.0846. The summed E-state index contributed by atoms with van der Waals surface area (Å²) in [4.78, 5) is 37.7. The first-order valence-corrected chi connectivity index (χ1v) is 8.93. The lowest BCUT2D eigenvalue weighted by molar-refractivity contribution is -0.123. The van der Waals surface area contributed by atoms with Gasteiger partial charge in [-0.2, -0.15) is 0 Å². The van der Waals surface area contributed by atoms with E-state index in [2.05, 4.69) is 4.74 Å². The van der Waals surface area contributed by atoms with Gasteiger partial charge in [0.05, 0.1) is 32.8 Å². The molecule has 2 aromatic rings. The number of carbonyl (C=O) groups excluding carboxylic acids is 3. The van der Waals surface area contributed by atoms with E-state index in [-0.39, 0.29) is 17.2 Å². The predicted octanol–water partition coefficient (Wildman–Crippen LogP) is 3.32. The van der Waals surface area contributed by atoms with Gasteiger partial charge in [-0.15, -0.1) is 0 Å². The second kappa shape index (κ2) is 8.22. The Hall–Kier alpha value is -3.20. The summed E-state index contributed by atoms with van der Waals surface area (Å²) >= 11 is 0.821. The Labute approximate surface area is 165 Å². The highest BCUT2D eigenvalue weighted by molar-refractivity contribution is 8.18. The lowest BCUT2D eigenvalue weighted by Crippen LogP contribution is -2.27. The summed E-state index contributed by atoms with van der Waals surface area (Å²) in [7, 11) is 4.28. The number of thioether (sulfide) groups is 1. The standard InChI is InChI=1S/C19H17NO7S/c1-24-12-5-4-11(15(9-12)25-2)8-16-17(21)20(19(23)28-16)10-13-6-7-14(27-13)18(22)26-3/h4-9H,10H2,1-3H3/b16-8+. The molecule has 3 rings (SSSR count). The minimum absolute atomic E-state index is 0.00276. The van der Waals surface area contributed by atoms with Crippen LogP contribution >= 0.6 is 11.8 Å². The van der Waals surface area contributed by atoms with E-state index in [1.54, 1.807) is 31.4 Å². The molecule has 1 saturated heterocycles. The van der Waals surface area contributed by atoms with Gasteiger partial charge in [0.2, 0.25) is 5.76 Å². The normalized spacial score (nSPS) is 15.2. The van der Waals surface area contributed by atoms with Gasteiger partial charge in [-0.25, -0.2) is 4.79 Å². The summed E-state index contributed by atoms with van der Waals surface area (Å²) in [6, 6.07) is 8.11. The Morgan fingerprint density at radius 1 is 1.14 bits per heavy atom. The summed E-state index contributed by atoms with van der Waals surface area (Å²) < 4.78 is 20.4. The van der Waals surface area contributed by atoms with Crippen LogP contribution in [-0.2, 0) is 16.1 Å². The number of nitrogens with zero attached hydrogens (tertiary/aromatic N) is 1. The van der Waals surface area contributed by atoms with Crippen LogP contribution in [0.25, 0.3) is 6.08 Å². The number of benzene rings is 1.